The van der Waals surface area contributed by atoms with E-state index in [1.165, 1.54) is 5.56 Å². The van der Waals surface area contributed by atoms with Crippen molar-refractivity contribution in [2.75, 3.05) is 13.6 Å². The fourth-order valence-electron chi connectivity index (χ4n) is 2.32. The van der Waals surface area contributed by atoms with E-state index >= 15 is 0 Å². The highest BCUT2D eigenvalue weighted by molar-refractivity contribution is 6.30. The molecule has 0 saturated carbocycles. The first kappa shape index (κ1) is 15.1. The Morgan fingerprint density at radius 1 is 1.20 bits per heavy atom. The van der Waals surface area contributed by atoms with Crippen LogP contribution in [0.15, 0.2) is 36.5 Å². The summed E-state index contributed by atoms with van der Waals surface area (Å²) in [6, 6.07) is 10.6. The summed E-state index contributed by atoms with van der Waals surface area (Å²) in [6.45, 7) is 5.21. The lowest BCUT2D eigenvalue weighted by atomic mass is 9.94. The van der Waals surface area contributed by atoms with Gasteiger partial charge in [0.1, 0.15) is 0 Å². The minimum atomic E-state index is 0.405. The summed E-state index contributed by atoms with van der Waals surface area (Å²) in [5, 5.41) is 8.68. The zero-order valence-electron chi connectivity index (χ0n) is 12.3. The third kappa shape index (κ3) is 3.84. The Kier molecular flexibility index (Phi) is 5.21. The predicted molar refractivity (Wildman–Crippen MR) is 84.4 cm³/mol. The minimum absolute atomic E-state index is 0.405. The smallest absolute Gasteiger partial charge is 0.0631 e. The van der Waals surface area contributed by atoms with Gasteiger partial charge in [0, 0.05) is 29.7 Å². The third-order valence-corrected chi connectivity index (χ3v) is 3.69. The van der Waals surface area contributed by atoms with Crippen LogP contribution in [-0.2, 0) is 6.42 Å². The summed E-state index contributed by atoms with van der Waals surface area (Å²) >= 11 is 5.96. The molecule has 1 heterocycles. The zero-order valence-corrected chi connectivity index (χ0v) is 13.1. The van der Waals surface area contributed by atoms with Crippen molar-refractivity contribution in [1.82, 2.24) is 15.1 Å². The number of aromatic nitrogens is 2. The van der Waals surface area contributed by atoms with Crippen molar-refractivity contribution in [2.24, 2.45) is 0 Å². The van der Waals surface area contributed by atoms with E-state index in [0.717, 1.165) is 23.7 Å². The summed E-state index contributed by atoms with van der Waals surface area (Å²) in [6.07, 6.45) is 2.99. The Morgan fingerprint density at radius 2 is 1.90 bits per heavy atom. The molecule has 2 rings (SSSR count). The van der Waals surface area contributed by atoms with Gasteiger partial charge in [-0.1, -0.05) is 23.7 Å². The second-order valence-corrected chi connectivity index (χ2v) is 5.83. The van der Waals surface area contributed by atoms with Crippen LogP contribution in [0.1, 0.15) is 37.1 Å². The van der Waals surface area contributed by atoms with Crippen molar-refractivity contribution in [1.29, 1.82) is 0 Å². The summed E-state index contributed by atoms with van der Waals surface area (Å²) in [7, 11) is 1.98. The van der Waals surface area contributed by atoms with Gasteiger partial charge in [0.25, 0.3) is 0 Å². The van der Waals surface area contributed by atoms with Crippen LogP contribution in [0, 0.1) is 0 Å². The van der Waals surface area contributed by atoms with E-state index in [2.05, 4.69) is 48.7 Å². The lowest BCUT2D eigenvalue weighted by Crippen LogP contribution is -2.19. The maximum absolute atomic E-state index is 5.96. The van der Waals surface area contributed by atoms with Crippen LogP contribution in [0.3, 0.4) is 0 Å². The normalized spacial score (nSPS) is 12.8. The lowest BCUT2D eigenvalue weighted by molar-refractivity contribution is 0.520. The van der Waals surface area contributed by atoms with Crippen molar-refractivity contribution in [2.45, 2.75) is 32.2 Å². The number of nitrogens with zero attached hydrogens (tertiary/aromatic N) is 2. The predicted octanol–water partition coefficient (Wildman–Crippen LogP) is 3.66. The number of hydrogen-bond acceptors (Lipinski definition) is 2. The second kappa shape index (κ2) is 6.91. The highest BCUT2D eigenvalue weighted by atomic mass is 35.5. The van der Waals surface area contributed by atoms with Crippen molar-refractivity contribution in [3.8, 4) is 0 Å². The topological polar surface area (TPSA) is 29.9 Å². The Balaban J connectivity index is 2.14. The molecule has 1 unspecified atom stereocenters. The second-order valence-electron chi connectivity index (χ2n) is 5.39. The van der Waals surface area contributed by atoms with Crippen LogP contribution in [-0.4, -0.2) is 23.4 Å². The number of halogens is 1. The maximum Gasteiger partial charge on any atom is 0.0631 e. The van der Waals surface area contributed by atoms with Gasteiger partial charge in [0.15, 0.2) is 0 Å². The molecule has 0 aliphatic carbocycles. The fraction of sp³-hybridized carbons (Fsp3) is 0.438. The van der Waals surface area contributed by atoms with E-state index in [9.17, 15) is 0 Å². The van der Waals surface area contributed by atoms with Gasteiger partial charge in [0.2, 0.25) is 0 Å². The molecule has 0 aliphatic rings. The van der Waals surface area contributed by atoms with Crippen LogP contribution in [0.5, 0.6) is 0 Å². The summed E-state index contributed by atoms with van der Waals surface area (Å²) in [5.74, 6) is 0.410. The SMILES string of the molecule is CNCC(Cc1ccn(C(C)C)n1)c1ccc(Cl)cc1. The summed E-state index contributed by atoms with van der Waals surface area (Å²) in [4.78, 5) is 0. The molecule has 0 aliphatic heterocycles. The molecule has 0 saturated heterocycles. The van der Waals surface area contributed by atoms with Gasteiger partial charge in [-0.25, -0.2) is 0 Å². The molecule has 0 bridgehead atoms. The monoisotopic (exact) mass is 291 g/mol. The number of rotatable bonds is 6. The Hall–Kier alpha value is -1.32. The van der Waals surface area contributed by atoms with Crippen LogP contribution < -0.4 is 5.32 Å². The first-order chi connectivity index (χ1) is 9.60. The molecule has 3 nitrogen and oxygen atoms in total. The van der Waals surface area contributed by atoms with Crippen molar-refractivity contribution in [3.05, 3.63) is 52.8 Å². The van der Waals surface area contributed by atoms with Crippen LogP contribution in [0.25, 0.3) is 0 Å². The van der Waals surface area contributed by atoms with E-state index in [4.69, 9.17) is 11.6 Å². The maximum atomic E-state index is 5.96. The molecule has 1 atom stereocenters. The molecule has 20 heavy (non-hydrogen) atoms. The number of benzene rings is 1. The Labute approximate surface area is 126 Å². The molecule has 1 aromatic heterocycles. The average molecular weight is 292 g/mol. The summed E-state index contributed by atoms with van der Waals surface area (Å²) < 4.78 is 2.01. The molecule has 4 heteroatoms. The molecule has 0 radical (unpaired) electrons. The molecule has 0 amide bonds. The Bertz CT molecular complexity index is 531. The van der Waals surface area contributed by atoms with Crippen LogP contribution >= 0.6 is 11.6 Å². The van der Waals surface area contributed by atoms with Crippen molar-refractivity contribution < 1.29 is 0 Å². The first-order valence-electron chi connectivity index (χ1n) is 7.04. The largest absolute Gasteiger partial charge is 0.319 e. The van der Waals surface area contributed by atoms with E-state index in [1.807, 2.05) is 23.9 Å². The van der Waals surface area contributed by atoms with Crippen LogP contribution in [0.4, 0.5) is 0 Å². The summed E-state index contributed by atoms with van der Waals surface area (Å²) in [5.41, 5.74) is 2.43. The van der Waals surface area contributed by atoms with Gasteiger partial charge >= 0.3 is 0 Å². The van der Waals surface area contributed by atoms with Gasteiger partial charge < -0.3 is 5.32 Å². The van der Waals surface area contributed by atoms with E-state index in [-0.39, 0.29) is 0 Å². The molecule has 2 aromatic rings. The van der Waals surface area contributed by atoms with Gasteiger partial charge in [-0.05, 0) is 51.1 Å². The quantitative estimate of drug-likeness (QED) is 0.880. The standard InChI is InChI=1S/C16H22ClN3/c1-12(2)20-9-8-16(19-20)10-14(11-18-3)13-4-6-15(17)7-5-13/h4-9,12,14,18H,10-11H2,1-3H3. The highest BCUT2D eigenvalue weighted by Crippen LogP contribution is 2.22. The molecular formula is C16H22ClN3. The average Bonchev–Trinajstić information content (AvgIpc) is 2.88. The zero-order chi connectivity index (χ0) is 14.5. The van der Waals surface area contributed by atoms with Gasteiger partial charge in [-0.2, -0.15) is 5.10 Å². The van der Waals surface area contributed by atoms with E-state index in [1.54, 1.807) is 0 Å². The lowest BCUT2D eigenvalue weighted by Gasteiger charge is -2.16. The first-order valence-corrected chi connectivity index (χ1v) is 7.42. The number of nitrogens with one attached hydrogen (secondary N) is 1. The third-order valence-electron chi connectivity index (χ3n) is 3.44. The molecule has 0 fully saturated rings. The fourth-order valence-corrected chi connectivity index (χ4v) is 2.44. The van der Waals surface area contributed by atoms with Gasteiger partial charge in [-0.3, -0.25) is 4.68 Å². The van der Waals surface area contributed by atoms with Gasteiger partial charge in [0.05, 0.1) is 5.69 Å². The number of likely N-dealkylation sites (N-methyl/N-ethyl adjacent to an activating group) is 1. The van der Waals surface area contributed by atoms with Gasteiger partial charge in [-0.15, -0.1) is 0 Å². The molecule has 0 spiro atoms. The molecule has 1 N–H and O–H groups in total. The molecule has 108 valence electrons. The van der Waals surface area contributed by atoms with E-state index < -0.39 is 0 Å². The molecule has 1 aromatic carbocycles. The minimum Gasteiger partial charge on any atom is -0.319 e. The van der Waals surface area contributed by atoms with Crippen molar-refractivity contribution >= 4 is 11.6 Å². The molecular weight excluding hydrogens is 270 g/mol. The van der Waals surface area contributed by atoms with Crippen LogP contribution in [0.2, 0.25) is 5.02 Å². The van der Waals surface area contributed by atoms with E-state index in [0.29, 0.717) is 12.0 Å². The van der Waals surface area contributed by atoms with Crippen molar-refractivity contribution in [3.63, 3.8) is 0 Å². The number of hydrogen-bond donors (Lipinski definition) is 1. The Morgan fingerprint density at radius 3 is 2.45 bits per heavy atom. The highest BCUT2D eigenvalue weighted by Gasteiger charge is 2.14.